The Hall–Kier alpha value is -3.04. The fraction of sp³-hybridized carbons (Fsp3) is 0.143. The zero-order valence-corrected chi connectivity index (χ0v) is 18.0. The standard InChI is InChI=1S/C21H17ClF3N3O2S/c1-12-18(22)20(31-28-12)27-19(29)17(11-26-2)13-3-7-15(8-4-13)30-16-9-5-14(6-10-16)21(23,24)25/h3-11,26H,1-2H3,(H,27,29)/b17-11-. The van der Waals surface area contributed by atoms with Crippen molar-refractivity contribution in [2.75, 3.05) is 12.4 Å². The van der Waals surface area contributed by atoms with Crippen LogP contribution in [0.25, 0.3) is 5.57 Å². The molecular weight excluding hydrogens is 451 g/mol. The Kier molecular flexibility index (Phi) is 6.87. The predicted molar refractivity (Wildman–Crippen MR) is 115 cm³/mol. The van der Waals surface area contributed by atoms with Crippen LogP contribution in [0.2, 0.25) is 5.02 Å². The molecule has 2 aromatic carbocycles. The molecule has 0 spiro atoms. The molecule has 3 rings (SSSR count). The molecule has 0 saturated carbocycles. The summed E-state index contributed by atoms with van der Waals surface area (Å²) in [4.78, 5) is 12.7. The Balaban J connectivity index is 1.74. The number of ether oxygens (including phenoxy) is 1. The Bertz CT molecular complexity index is 1090. The molecule has 0 saturated heterocycles. The molecule has 0 bridgehead atoms. The van der Waals surface area contributed by atoms with Crippen LogP contribution in [0.4, 0.5) is 18.2 Å². The number of rotatable bonds is 6. The molecule has 0 fully saturated rings. The lowest BCUT2D eigenvalue weighted by Gasteiger charge is -2.11. The van der Waals surface area contributed by atoms with Crippen molar-refractivity contribution in [2.45, 2.75) is 13.1 Å². The zero-order chi connectivity index (χ0) is 22.6. The van der Waals surface area contributed by atoms with Gasteiger partial charge in [-0.1, -0.05) is 23.7 Å². The van der Waals surface area contributed by atoms with E-state index >= 15 is 0 Å². The van der Waals surface area contributed by atoms with Gasteiger partial charge in [-0.15, -0.1) is 0 Å². The van der Waals surface area contributed by atoms with Crippen molar-refractivity contribution >= 4 is 39.6 Å². The van der Waals surface area contributed by atoms with Gasteiger partial charge in [0.05, 0.1) is 21.9 Å². The second-order valence-electron chi connectivity index (χ2n) is 6.36. The summed E-state index contributed by atoms with van der Waals surface area (Å²) in [6.07, 6.45) is -2.86. The fourth-order valence-electron chi connectivity index (χ4n) is 2.58. The van der Waals surface area contributed by atoms with Gasteiger partial charge < -0.3 is 15.4 Å². The molecule has 10 heteroatoms. The van der Waals surface area contributed by atoms with Gasteiger partial charge in [0, 0.05) is 13.2 Å². The maximum atomic E-state index is 12.7. The lowest BCUT2D eigenvalue weighted by atomic mass is 10.1. The third-order valence-corrected chi connectivity index (χ3v) is 5.56. The number of nitrogens with zero attached hydrogens (tertiary/aromatic N) is 1. The van der Waals surface area contributed by atoms with Crippen molar-refractivity contribution in [2.24, 2.45) is 0 Å². The van der Waals surface area contributed by atoms with Crippen molar-refractivity contribution < 1.29 is 22.7 Å². The Morgan fingerprint density at radius 2 is 1.68 bits per heavy atom. The number of nitrogens with one attached hydrogen (secondary N) is 2. The highest BCUT2D eigenvalue weighted by Gasteiger charge is 2.30. The summed E-state index contributed by atoms with van der Waals surface area (Å²) in [5.74, 6) is 0.296. The SMILES string of the molecule is CN/C=C(\C(=O)Nc1snc(C)c1Cl)c1ccc(Oc2ccc(C(F)(F)F)cc2)cc1. The maximum Gasteiger partial charge on any atom is 0.416 e. The highest BCUT2D eigenvalue weighted by Crippen LogP contribution is 2.32. The van der Waals surface area contributed by atoms with Crippen LogP contribution in [0.1, 0.15) is 16.8 Å². The summed E-state index contributed by atoms with van der Waals surface area (Å²) >= 11 is 7.22. The van der Waals surface area contributed by atoms with Gasteiger partial charge in [-0.3, -0.25) is 4.79 Å². The van der Waals surface area contributed by atoms with E-state index < -0.39 is 11.7 Å². The second kappa shape index (κ2) is 9.40. The lowest BCUT2D eigenvalue weighted by molar-refractivity contribution is -0.137. The number of alkyl halides is 3. The smallest absolute Gasteiger partial charge is 0.416 e. The van der Waals surface area contributed by atoms with E-state index in [9.17, 15) is 18.0 Å². The third kappa shape index (κ3) is 5.56. The van der Waals surface area contributed by atoms with E-state index in [1.54, 1.807) is 44.4 Å². The van der Waals surface area contributed by atoms with Crippen molar-refractivity contribution in [1.29, 1.82) is 0 Å². The van der Waals surface area contributed by atoms with E-state index in [1.165, 1.54) is 12.1 Å². The van der Waals surface area contributed by atoms with Gasteiger partial charge in [0.15, 0.2) is 0 Å². The highest BCUT2D eigenvalue weighted by molar-refractivity contribution is 7.11. The van der Waals surface area contributed by atoms with Crippen LogP contribution in [-0.2, 0) is 11.0 Å². The number of aromatic nitrogens is 1. The van der Waals surface area contributed by atoms with Gasteiger partial charge >= 0.3 is 6.18 Å². The number of hydrogen-bond acceptors (Lipinski definition) is 5. The molecule has 3 aromatic rings. The van der Waals surface area contributed by atoms with Crippen LogP contribution in [0.15, 0.2) is 54.7 Å². The van der Waals surface area contributed by atoms with Crippen molar-refractivity contribution in [1.82, 2.24) is 9.69 Å². The van der Waals surface area contributed by atoms with Crippen LogP contribution >= 0.6 is 23.1 Å². The van der Waals surface area contributed by atoms with E-state index in [1.807, 2.05) is 0 Å². The lowest BCUT2D eigenvalue weighted by Crippen LogP contribution is -2.15. The van der Waals surface area contributed by atoms with Gasteiger partial charge in [-0.05, 0) is 60.4 Å². The second-order valence-corrected chi connectivity index (χ2v) is 7.51. The number of hydrogen-bond donors (Lipinski definition) is 2. The number of anilines is 1. The van der Waals surface area contributed by atoms with E-state index in [-0.39, 0.29) is 11.7 Å². The molecule has 1 amide bonds. The molecular formula is C21H17ClF3N3O2S. The molecule has 0 atom stereocenters. The molecule has 162 valence electrons. The Labute approximate surface area is 185 Å². The number of benzene rings is 2. The summed E-state index contributed by atoms with van der Waals surface area (Å²) in [6, 6.07) is 11.0. The normalized spacial score (nSPS) is 11.9. The quantitative estimate of drug-likeness (QED) is 0.429. The molecule has 5 nitrogen and oxygen atoms in total. The molecule has 1 aromatic heterocycles. The molecule has 31 heavy (non-hydrogen) atoms. The third-order valence-electron chi connectivity index (χ3n) is 4.13. The average Bonchev–Trinajstić information content (AvgIpc) is 3.04. The summed E-state index contributed by atoms with van der Waals surface area (Å²) < 4.78 is 47.7. The van der Waals surface area contributed by atoms with Gasteiger partial charge in [-0.2, -0.15) is 17.5 Å². The van der Waals surface area contributed by atoms with Gasteiger partial charge in [0.2, 0.25) is 0 Å². The zero-order valence-electron chi connectivity index (χ0n) is 16.4. The minimum Gasteiger partial charge on any atom is -0.457 e. The number of carbonyl (C=O) groups excluding carboxylic acids is 1. The topological polar surface area (TPSA) is 63.2 Å². The molecule has 0 aliphatic carbocycles. The first kappa shape index (κ1) is 22.6. The summed E-state index contributed by atoms with van der Waals surface area (Å²) in [7, 11) is 1.67. The minimum atomic E-state index is -4.40. The number of amides is 1. The first-order chi connectivity index (χ1) is 14.7. The van der Waals surface area contributed by atoms with E-state index in [4.69, 9.17) is 16.3 Å². The number of aryl methyl sites for hydroxylation is 1. The van der Waals surface area contributed by atoms with Gasteiger partial charge in [0.1, 0.15) is 16.5 Å². The van der Waals surface area contributed by atoms with Crippen LogP contribution in [0.3, 0.4) is 0 Å². The predicted octanol–water partition coefficient (Wildman–Crippen LogP) is 6.12. The van der Waals surface area contributed by atoms with E-state index in [2.05, 4.69) is 15.0 Å². The molecule has 2 N–H and O–H groups in total. The van der Waals surface area contributed by atoms with Crippen LogP contribution in [0, 0.1) is 6.92 Å². The largest absolute Gasteiger partial charge is 0.457 e. The first-order valence-electron chi connectivity index (χ1n) is 8.95. The molecule has 0 aliphatic rings. The average molecular weight is 468 g/mol. The highest BCUT2D eigenvalue weighted by atomic mass is 35.5. The van der Waals surface area contributed by atoms with Crippen LogP contribution in [0.5, 0.6) is 11.5 Å². The van der Waals surface area contributed by atoms with E-state index in [0.717, 1.165) is 23.7 Å². The number of halogens is 4. The van der Waals surface area contributed by atoms with E-state index in [0.29, 0.717) is 32.6 Å². The van der Waals surface area contributed by atoms with Crippen molar-refractivity contribution in [3.05, 3.63) is 76.6 Å². The maximum absolute atomic E-state index is 12.7. The Morgan fingerprint density at radius 3 is 2.16 bits per heavy atom. The van der Waals surface area contributed by atoms with Crippen molar-refractivity contribution in [3.8, 4) is 11.5 Å². The van der Waals surface area contributed by atoms with Crippen molar-refractivity contribution in [3.63, 3.8) is 0 Å². The van der Waals surface area contributed by atoms with Gasteiger partial charge in [0.25, 0.3) is 5.91 Å². The fourth-order valence-corrected chi connectivity index (χ4v) is 3.51. The molecule has 1 heterocycles. The summed E-state index contributed by atoms with van der Waals surface area (Å²) in [5.41, 5.74) is 0.833. The summed E-state index contributed by atoms with van der Waals surface area (Å²) in [6.45, 7) is 1.74. The van der Waals surface area contributed by atoms with Gasteiger partial charge in [-0.25, -0.2) is 0 Å². The summed E-state index contributed by atoms with van der Waals surface area (Å²) in [5, 5.41) is 6.42. The molecule has 0 aliphatic heterocycles. The first-order valence-corrected chi connectivity index (χ1v) is 10.1. The molecule has 0 unspecified atom stereocenters. The monoisotopic (exact) mass is 467 g/mol. The Morgan fingerprint density at radius 1 is 1.10 bits per heavy atom. The molecule has 0 radical (unpaired) electrons. The minimum absolute atomic E-state index is 0.264. The van der Waals surface area contributed by atoms with Crippen LogP contribution in [-0.4, -0.2) is 17.3 Å². The number of carbonyl (C=O) groups is 1. The van der Waals surface area contributed by atoms with Crippen LogP contribution < -0.4 is 15.4 Å².